The van der Waals surface area contributed by atoms with Crippen molar-refractivity contribution in [3.05, 3.63) is 29.8 Å². The van der Waals surface area contributed by atoms with Crippen LogP contribution in [0.25, 0.3) is 0 Å². The smallest absolute Gasteiger partial charge is 0.243 e. The van der Waals surface area contributed by atoms with Gasteiger partial charge in [0.25, 0.3) is 0 Å². The van der Waals surface area contributed by atoms with Gasteiger partial charge in [-0.1, -0.05) is 31.4 Å². The monoisotopic (exact) mass is 358 g/mol. The summed E-state index contributed by atoms with van der Waals surface area (Å²) >= 11 is 0. The molecule has 0 bridgehead atoms. The molecule has 1 aromatic carbocycles. The van der Waals surface area contributed by atoms with Crippen molar-refractivity contribution in [2.75, 3.05) is 26.2 Å². The van der Waals surface area contributed by atoms with Gasteiger partial charge in [-0.15, -0.1) is 12.4 Å². The number of hydrogen-bond acceptors (Lipinski definition) is 3. The van der Waals surface area contributed by atoms with E-state index >= 15 is 0 Å². The Morgan fingerprint density at radius 1 is 0.913 bits per heavy atom. The Morgan fingerprint density at radius 3 is 2.30 bits per heavy atom. The minimum atomic E-state index is -3.34. The first-order chi connectivity index (χ1) is 10.7. The molecule has 1 saturated heterocycles. The van der Waals surface area contributed by atoms with Gasteiger partial charge in [-0.3, -0.25) is 0 Å². The Kier molecular flexibility index (Phi) is 6.89. The standard InChI is InChI=1S/C17H26N2O2S.ClH/c20-22(21,19-13-4-11-18-12-14-19)17-9-7-16(8-10-17)15-5-2-1-3-6-15;/h7-10,15,18H,1-6,11-14H2;1H. The minimum absolute atomic E-state index is 0. The van der Waals surface area contributed by atoms with E-state index in [9.17, 15) is 8.42 Å². The van der Waals surface area contributed by atoms with Gasteiger partial charge in [-0.2, -0.15) is 4.31 Å². The molecule has 3 rings (SSSR count). The van der Waals surface area contributed by atoms with Gasteiger partial charge in [0.15, 0.2) is 0 Å². The van der Waals surface area contributed by atoms with Crippen LogP contribution in [0.5, 0.6) is 0 Å². The van der Waals surface area contributed by atoms with E-state index in [1.165, 1.54) is 37.7 Å². The summed E-state index contributed by atoms with van der Waals surface area (Å²) in [5, 5.41) is 3.25. The van der Waals surface area contributed by atoms with Crippen molar-refractivity contribution in [3.8, 4) is 0 Å². The van der Waals surface area contributed by atoms with E-state index in [1.807, 2.05) is 12.1 Å². The molecule has 130 valence electrons. The molecular formula is C17H27ClN2O2S. The van der Waals surface area contributed by atoms with E-state index in [4.69, 9.17) is 0 Å². The van der Waals surface area contributed by atoms with E-state index in [2.05, 4.69) is 5.32 Å². The maximum absolute atomic E-state index is 12.7. The molecule has 23 heavy (non-hydrogen) atoms. The molecule has 1 aliphatic carbocycles. The molecule has 0 unspecified atom stereocenters. The SMILES string of the molecule is Cl.O=S(=O)(c1ccc(C2CCCCC2)cc1)N1CCCNCC1. The molecular weight excluding hydrogens is 332 g/mol. The van der Waals surface area contributed by atoms with Crippen molar-refractivity contribution in [2.45, 2.75) is 49.3 Å². The maximum atomic E-state index is 12.7. The topological polar surface area (TPSA) is 49.4 Å². The second-order valence-corrected chi connectivity index (χ2v) is 8.35. The first kappa shape index (κ1) is 18.7. The van der Waals surface area contributed by atoms with Gasteiger partial charge < -0.3 is 5.32 Å². The minimum Gasteiger partial charge on any atom is -0.315 e. The van der Waals surface area contributed by atoms with Crippen LogP contribution in [0.15, 0.2) is 29.2 Å². The Morgan fingerprint density at radius 2 is 1.61 bits per heavy atom. The third-order valence-electron chi connectivity index (χ3n) is 4.89. The highest BCUT2D eigenvalue weighted by molar-refractivity contribution is 7.89. The normalized spacial score (nSPS) is 21.4. The average Bonchev–Trinajstić information content (AvgIpc) is 2.86. The lowest BCUT2D eigenvalue weighted by Crippen LogP contribution is -2.34. The summed E-state index contributed by atoms with van der Waals surface area (Å²) in [7, 11) is -3.34. The number of hydrogen-bond donors (Lipinski definition) is 1. The zero-order valence-corrected chi connectivity index (χ0v) is 15.2. The predicted octanol–water partition coefficient (Wildman–Crippen LogP) is 3.14. The van der Waals surface area contributed by atoms with Crippen molar-refractivity contribution in [1.29, 1.82) is 0 Å². The van der Waals surface area contributed by atoms with Crippen LogP contribution in [0.3, 0.4) is 0 Å². The van der Waals surface area contributed by atoms with E-state index in [0.29, 0.717) is 23.9 Å². The Bertz CT molecular complexity index is 575. The van der Waals surface area contributed by atoms with Gasteiger partial charge in [-0.25, -0.2) is 8.42 Å². The van der Waals surface area contributed by atoms with Crippen molar-refractivity contribution in [2.24, 2.45) is 0 Å². The molecule has 2 aliphatic rings. The number of nitrogens with zero attached hydrogens (tertiary/aromatic N) is 1. The highest BCUT2D eigenvalue weighted by atomic mass is 35.5. The lowest BCUT2D eigenvalue weighted by atomic mass is 9.84. The molecule has 0 spiro atoms. The van der Waals surface area contributed by atoms with Crippen LogP contribution >= 0.6 is 12.4 Å². The van der Waals surface area contributed by atoms with Crippen molar-refractivity contribution >= 4 is 22.4 Å². The number of rotatable bonds is 3. The lowest BCUT2D eigenvalue weighted by molar-refractivity contribution is 0.431. The maximum Gasteiger partial charge on any atom is 0.243 e. The Hall–Kier alpha value is -0.620. The van der Waals surface area contributed by atoms with Gasteiger partial charge in [0.05, 0.1) is 4.90 Å². The largest absolute Gasteiger partial charge is 0.315 e. The van der Waals surface area contributed by atoms with Crippen LogP contribution in [0.1, 0.15) is 50.0 Å². The summed E-state index contributed by atoms with van der Waals surface area (Å²) in [5.41, 5.74) is 1.30. The molecule has 2 fully saturated rings. The zero-order chi connectivity index (χ0) is 15.4. The molecule has 0 aromatic heterocycles. The molecule has 1 aromatic rings. The second kappa shape index (κ2) is 8.47. The van der Waals surface area contributed by atoms with Gasteiger partial charge in [0, 0.05) is 19.6 Å². The highest BCUT2D eigenvalue weighted by Gasteiger charge is 2.25. The van der Waals surface area contributed by atoms with Crippen molar-refractivity contribution in [3.63, 3.8) is 0 Å². The molecule has 4 nitrogen and oxygen atoms in total. The van der Waals surface area contributed by atoms with Crippen LogP contribution in [0.2, 0.25) is 0 Å². The third-order valence-corrected chi connectivity index (χ3v) is 6.81. The van der Waals surface area contributed by atoms with Gasteiger partial charge in [-0.05, 0) is 49.4 Å². The van der Waals surface area contributed by atoms with Crippen molar-refractivity contribution < 1.29 is 8.42 Å². The van der Waals surface area contributed by atoms with E-state index < -0.39 is 10.0 Å². The van der Waals surface area contributed by atoms with Crippen LogP contribution in [-0.4, -0.2) is 38.9 Å². The third kappa shape index (κ3) is 4.47. The molecule has 6 heteroatoms. The summed E-state index contributed by atoms with van der Waals surface area (Å²) < 4.78 is 27.1. The van der Waals surface area contributed by atoms with Crippen LogP contribution in [0.4, 0.5) is 0 Å². The Labute approximate surface area is 146 Å². The number of nitrogens with one attached hydrogen (secondary N) is 1. The second-order valence-electron chi connectivity index (χ2n) is 6.41. The first-order valence-corrected chi connectivity index (χ1v) is 9.93. The summed E-state index contributed by atoms with van der Waals surface area (Å²) in [5.74, 6) is 0.618. The molecule has 0 radical (unpaired) electrons. The van der Waals surface area contributed by atoms with Crippen LogP contribution in [-0.2, 0) is 10.0 Å². The summed E-state index contributed by atoms with van der Waals surface area (Å²) in [6.45, 7) is 2.80. The summed E-state index contributed by atoms with van der Waals surface area (Å²) in [4.78, 5) is 0.439. The fourth-order valence-corrected chi connectivity index (χ4v) is 5.04. The van der Waals surface area contributed by atoms with Crippen LogP contribution in [0, 0.1) is 0 Å². The lowest BCUT2D eigenvalue weighted by Gasteiger charge is -2.23. The van der Waals surface area contributed by atoms with Crippen LogP contribution < -0.4 is 5.32 Å². The first-order valence-electron chi connectivity index (χ1n) is 8.49. The summed E-state index contributed by atoms with van der Waals surface area (Å²) in [6.07, 6.45) is 7.29. The van der Waals surface area contributed by atoms with E-state index in [-0.39, 0.29) is 12.4 Å². The zero-order valence-electron chi connectivity index (χ0n) is 13.5. The van der Waals surface area contributed by atoms with Crippen molar-refractivity contribution in [1.82, 2.24) is 9.62 Å². The predicted molar refractivity (Wildman–Crippen MR) is 95.8 cm³/mol. The van der Waals surface area contributed by atoms with E-state index in [0.717, 1.165) is 19.5 Å². The molecule has 0 amide bonds. The number of halogens is 1. The van der Waals surface area contributed by atoms with Gasteiger partial charge in [0.1, 0.15) is 0 Å². The van der Waals surface area contributed by atoms with Gasteiger partial charge in [0.2, 0.25) is 10.0 Å². The fraction of sp³-hybridized carbons (Fsp3) is 0.647. The Balaban J connectivity index is 0.00000192. The average molecular weight is 359 g/mol. The molecule has 0 atom stereocenters. The number of sulfonamides is 1. The van der Waals surface area contributed by atoms with E-state index in [1.54, 1.807) is 16.4 Å². The summed E-state index contributed by atoms with van der Waals surface area (Å²) in [6, 6.07) is 7.66. The molecule has 1 saturated carbocycles. The molecule has 1 aliphatic heterocycles. The fourth-order valence-electron chi connectivity index (χ4n) is 3.56. The quantitative estimate of drug-likeness (QED) is 0.903. The molecule has 1 N–H and O–H groups in total. The molecule has 1 heterocycles. The number of benzene rings is 1. The van der Waals surface area contributed by atoms with Gasteiger partial charge >= 0.3 is 0 Å². The highest BCUT2D eigenvalue weighted by Crippen LogP contribution is 2.33.